The highest BCUT2D eigenvalue weighted by atomic mass is 127. The van der Waals surface area contributed by atoms with Crippen molar-refractivity contribution >= 4 is 56.7 Å². The van der Waals surface area contributed by atoms with Crippen LogP contribution in [0.1, 0.15) is 28.8 Å². The number of hydrogen-bond acceptors (Lipinski definition) is 8. The Hall–Kier alpha value is -2.90. The number of aromatic carboxylic acids is 1. The Bertz CT molecular complexity index is 1140. The molecule has 1 aliphatic carbocycles. The number of aromatic nitrogens is 2. The summed E-state index contributed by atoms with van der Waals surface area (Å²) in [5.74, 6) is -1.24. The fourth-order valence-electron chi connectivity index (χ4n) is 2.85. The van der Waals surface area contributed by atoms with E-state index in [2.05, 4.69) is 48.2 Å². The first kappa shape index (κ1) is 22.8. The third kappa shape index (κ3) is 5.62. The molecule has 0 bridgehead atoms. The number of fused-ring (bicyclic) bond motifs is 1. The van der Waals surface area contributed by atoms with Crippen molar-refractivity contribution in [1.29, 1.82) is 0 Å². The average molecular weight is 537 g/mol. The van der Waals surface area contributed by atoms with Gasteiger partial charge in [-0.3, -0.25) is 15.1 Å². The van der Waals surface area contributed by atoms with Gasteiger partial charge in [0.25, 0.3) is 5.69 Å². The molecule has 0 unspecified atom stereocenters. The molecule has 1 aliphatic rings. The number of carboxylic acids is 1. The molecule has 11 heteroatoms. The molecule has 1 fully saturated rings. The minimum atomic E-state index is -1.24. The summed E-state index contributed by atoms with van der Waals surface area (Å²) in [7, 11) is 1.65. The zero-order valence-electron chi connectivity index (χ0n) is 16.8. The predicted molar refractivity (Wildman–Crippen MR) is 123 cm³/mol. The lowest BCUT2D eigenvalue weighted by atomic mass is 10.1. The molecule has 2 aromatic carbocycles. The molecule has 1 aromatic heterocycles. The second-order valence-electron chi connectivity index (χ2n) is 6.81. The standard InChI is InChI=1S/C16H11IN4O4.C4H9NO/c1-8-6-9(17)2-3-10(8)20-11-7-12(21(24)25)14-15(13(11)16(22)23)19-5-4-18-14;1-6-5-4-2-3-4/h2-7,20H,1H3,(H,22,23);4-5H,2-3H2,1H3. The number of hydrogen-bond donors (Lipinski definition) is 3. The molecule has 0 saturated heterocycles. The second-order valence-corrected chi connectivity index (χ2v) is 8.06. The number of hydroxylamine groups is 1. The Morgan fingerprint density at radius 2 is 1.90 bits per heavy atom. The van der Waals surface area contributed by atoms with E-state index in [1.54, 1.807) is 13.2 Å². The maximum Gasteiger partial charge on any atom is 0.340 e. The van der Waals surface area contributed by atoms with E-state index in [1.165, 1.54) is 31.3 Å². The van der Waals surface area contributed by atoms with Crippen molar-refractivity contribution in [2.45, 2.75) is 25.8 Å². The van der Waals surface area contributed by atoms with Crippen LogP contribution in [-0.2, 0) is 4.84 Å². The maximum atomic E-state index is 11.8. The molecule has 3 N–H and O–H groups in total. The van der Waals surface area contributed by atoms with Gasteiger partial charge in [-0.15, -0.1) is 0 Å². The fraction of sp³-hybridized carbons (Fsp3) is 0.250. The number of rotatable bonds is 6. The highest BCUT2D eigenvalue weighted by Gasteiger charge is 2.25. The van der Waals surface area contributed by atoms with Gasteiger partial charge in [-0.2, -0.15) is 5.48 Å². The first-order valence-electron chi connectivity index (χ1n) is 9.29. The molecule has 0 radical (unpaired) electrons. The number of halogens is 1. The lowest BCUT2D eigenvalue weighted by Gasteiger charge is -2.13. The topological polar surface area (TPSA) is 140 Å². The lowest BCUT2D eigenvalue weighted by Crippen LogP contribution is -2.12. The van der Waals surface area contributed by atoms with Crippen LogP contribution in [0, 0.1) is 20.6 Å². The molecule has 1 heterocycles. The minimum absolute atomic E-state index is 0.0325. The number of carbonyl (C=O) groups is 1. The monoisotopic (exact) mass is 537 g/mol. The minimum Gasteiger partial charge on any atom is -0.478 e. The van der Waals surface area contributed by atoms with Crippen molar-refractivity contribution in [3.63, 3.8) is 0 Å². The maximum absolute atomic E-state index is 11.8. The van der Waals surface area contributed by atoms with Crippen molar-refractivity contribution < 1.29 is 19.7 Å². The molecule has 3 aromatic rings. The molecule has 0 aliphatic heterocycles. The van der Waals surface area contributed by atoms with Crippen LogP contribution in [0.4, 0.5) is 17.1 Å². The van der Waals surface area contributed by atoms with E-state index >= 15 is 0 Å². The van der Waals surface area contributed by atoms with Crippen molar-refractivity contribution in [1.82, 2.24) is 15.4 Å². The van der Waals surface area contributed by atoms with Crippen molar-refractivity contribution in [2.24, 2.45) is 0 Å². The molecular formula is C20H20IN5O5. The fourth-order valence-corrected chi connectivity index (χ4v) is 3.49. The molecule has 31 heavy (non-hydrogen) atoms. The van der Waals surface area contributed by atoms with Gasteiger partial charge in [0.2, 0.25) is 0 Å². The number of aryl methyl sites for hydroxylation is 1. The first-order valence-corrected chi connectivity index (χ1v) is 10.4. The van der Waals surface area contributed by atoms with Crippen LogP contribution in [0.15, 0.2) is 36.7 Å². The number of nitrogens with one attached hydrogen (secondary N) is 2. The van der Waals surface area contributed by atoms with Crippen LogP contribution in [0.2, 0.25) is 0 Å². The van der Waals surface area contributed by atoms with Crippen molar-refractivity contribution in [3.05, 3.63) is 61.5 Å². The summed E-state index contributed by atoms with van der Waals surface area (Å²) in [4.78, 5) is 35.1. The third-order valence-corrected chi connectivity index (χ3v) is 5.13. The average Bonchev–Trinajstić information content (AvgIpc) is 3.54. The Morgan fingerprint density at radius 1 is 1.23 bits per heavy atom. The van der Waals surface area contributed by atoms with E-state index in [9.17, 15) is 20.0 Å². The summed E-state index contributed by atoms with van der Waals surface area (Å²) in [6, 6.07) is 7.41. The number of anilines is 2. The highest BCUT2D eigenvalue weighted by Crippen LogP contribution is 2.34. The zero-order valence-corrected chi connectivity index (χ0v) is 18.9. The number of non-ortho nitro benzene ring substituents is 1. The Kier molecular flexibility index (Phi) is 7.30. The van der Waals surface area contributed by atoms with E-state index in [0.717, 1.165) is 9.13 Å². The Labute approximate surface area is 191 Å². The van der Waals surface area contributed by atoms with Gasteiger partial charge in [-0.1, -0.05) is 0 Å². The van der Waals surface area contributed by atoms with Crippen LogP contribution in [0.3, 0.4) is 0 Å². The van der Waals surface area contributed by atoms with E-state index < -0.39 is 10.9 Å². The Balaban J connectivity index is 0.000000391. The molecule has 0 amide bonds. The van der Waals surface area contributed by atoms with E-state index in [0.29, 0.717) is 11.7 Å². The summed E-state index contributed by atoms with van der Waals surface area (Å²) < 4.78 is 1.02. The number of nitro groups is 1. The Morgan fingerprint density at radius 3 is 2.42 bits per heavy atom. The molecule has 0 spiro atoms. The molecule has 0 atom stereocenters. The van der Waals surface area contributed by atoms with Gasteiger partial charge in [0.05, 0.1) is 17.7 Å². The van der Waals surface area contributed by atoms with Gasteiger partial charge >= 0.3 is 5.97 Å². The number of nitro benzene ring substituents is 1. The summed E-state index contributed by atoms with van der Waals surface area (Å²) >= 11 is 2.17. The van der Waals surface area contributed by atoms with E-state index in [-0.39, 0.29) is 28.0 Å². The van der Waals surface area contributed by atoms with Crippen molar-refractivity contribution in [2.75, 3.05) is 12.4 Å². The molecule has 4 rings (SSSR count). The van der Waals surface area contributed by atoms with Gasteiger partial charge < -0.3 is 15.3 Å². The number of carboxylic acid groups (broad SMARTS) is 1. The highest BCUT2D eigenvalue weighted by molar-refractivity contribution is 14.1. The van der Waals surface area contributed by atoms with Crippen LogP contribution in [-0.4, -0.2) is 39.1 Å². The third-order valence-electron chi connectivity index (χ3n) is 4.46. The summed E-state index contributed by atoms with van der Waals surface area (Å²) in [5.41, 5.74) is 3.89. The number of benzene rings is 2. The second kappa shape index (κ2) is 9.94. The SMILES string of the molecule is CONC1CC1.Cc1cc(I)ccc1Nc1cc([N+](=O)[O-])c2nccnc2c1C(=O)O. The smallest absolute Gasteiger partial charge is 0.340 e. The number of nitrogens with zero attached hydrogens (tertiary/aromatic N) is 3. The quantitative estimate of drug-likeness (QED) is 0.240. The molecule has 1 saturated carbocycles. The summed E-state index contributed by atoms with van der Waals surface area (Å²) in [6.45, 7) is 1.86. The van der Waals surface area contributed by atoms with E-state index in [1.807, 2.05) is 19.1 Å². The molecule has 162 valence electrons. The normalized spacial score (nSPS) is 12.7. The van der Waals surface area contributed by atoms with Crippen LogP contribution >= 0.6 is 22.6 Å². The molecule has 10 nitrogen and oxygen atoms in total. The van der Waals surface area contributed by atoms with Crippen LogP contribution in [0.5, 0.6) is 0 Å². The van der Waals surface area contributed by atoms with Gasteiger partial charge in [0.15, 0.2) is 5.52 Å². The predicted octanol–water partition coefficient (Wildman–Crippen LogP) is 4.19. The first-order chi connectivity index (χ1) is 14.8. The lowest BCUT2D eigenvalue weighted by molar-refractivity contribution is -0.383. The summed E-state index contributed by atoms with van der Waals surface area (Å²) in [5, 5.41) is 24.0. The largest absolute Gasteiger partial charge is 0.478 e. The molecular weight excluding hydrogens is 517 g/mol. The zero-order chi connectivity index (χ0) is 22.5. The van der Waals surface area contributed by atoms with Crippen LogP contribution < -0.4 is 10.8 Å². The van der Waals surface area contributed by atoms with E-state index in [4.69, 9.17) is 0 Å². The van der Waals surface area contributed by atoms with Gasteiger partial charge in [0, 0.05) is 33.8 Å². The van der Waals surface area contributed by atoms with Crippen molar-refractivity contribution in [3.8, 4) is 0 Å². The summed E-state index contributed by atoms with van der Waals surface area (Å²) in [6.07, 6.45) is 5.16. The van der Waals surface area contributed by atoms with Gasteiger partial charge in [-0.25, -0.2) is 9.78 Å². The van der Waals surface area contributed by atoms with Gasteiger partial charge in [-0.05, 0) is 66.1 Å². The van der Waals surface area contributed by atoms with Gasteiger partial charge in [0.1, 0.15) is 11.1 Å². The van der Waals surface area contributed by atoms with Crippen LogP contribution in [0.25, 0.3) is 11.0 Å².